The summed E-state index contributed by atoms with van der Waals surface area (Å²) in [5, 5.41) is 0.372. The van der Waals surface area contributed by atoms with Crippen LogP contribution in [0.25, 0.3) is 11.1 Å². The third-order valence-corrected chi connectivity index (χ3v) is 9.42. The minimum absolute atomic E-state index is 0.0734. The molecule has 2 heterocycles. The summed E-state index contributed by atoms with van der Waals surface area (Å²) in [6, 6.07) is 24.5. The molecule has 0 radical (unpaired) electrons. The highest BCUT2D eigenvalue weighted by Crippen LogP contribution is 2.47. The lowest BCUT2D eigenvalue weighted by atomic mass is 9.99. The molecule has 2 fully saturated rings. The lowest BCUT2D eigenvalue weighted by Crippen LogP contribution is -2.09. The monoisotopic (exact) mass is 684 g/mol. The number of fused-ring (bicyclic) bond motifs is 3. The van der Waals surface area contributed by atoms with E-state index in [1.54, 1.807) is 18.2 Å². The minimum Gasteiger partial charge on any atom is -0.494 e. The van der Waals surface area contributed by atoms with Gasteiger partial charge in [0.2, 0.25) is 0 Å². The Hall–Kier alpha value is -4.08. The summed E-state index contributed by atoms with van der Waals surface area (Å²) < 4.78 is 27.9. The molecule has 0 N–H and O–H groups in total. The zero-order valence-electron chi connectivity index (χ0n) is 27.7. The molecule has 2 aliphatic heterocycles. The summed E-state index contributed by atoms with van der Waals surface area (Å²) >= 11 is 6.41. The summed E-state index contributed by atoms with van der Waals surface area (Å²) in [4.78, 5) is 24.3. The van der Waals surface area contributed by atoms with Gasteiger partial charge in [0.05, 0.1) is 49.2 Å². The van der Waals surface area contributed by atoms with Gasteiger partial charge in [-0.05, 0) is 115 Å². The van der Waals surface area contributed by atoms with Crippen molar-refractivity contribution in [2.45, 2.75) is 70.2 Å². The Morgan fingerprint density at radius 1 is 0.735 bits per heavy atom. The fraction of sp³-hybridized carbons (Fsp3) is 0.375. The SMILES string of the molecule is CC1c2cc(OOCc3ccc(OCCCCCC4CO4)cc3)ccc2-c2ccc(OC(=O)c3ccc(OCCCC4CO4)c(Cl)c3)cc21. The molecule has 4 aromatic rings. The van der Waals surface area contributed by atoms with E-state index >= 15 is 0 Å². The molecule has 9 heteroatoms. The van der Waals surface area contributed by atoms with Crippen molar-refractivity contribution in [1.82, 2.24) is 0 Å². The van der Waals surface area contributed by atoms with E-state index in [2.05, 4.69) is 6.92 Å². The largest absolute Gasteiger partial charge is 0.494 e. The van der Waals surface area contributed by atoms with E-state index in [1.807, 2.05) is 60.7 Å². The summed E-state index contributed by atoms with van der Waals surface area (Å²) in [5.74, 6) is 2.09. The highest BCUT2D eigenvalue weighted by Gasteiger charge is 2.27. The number of benzene rings is 4. The van der Waals surface area contributed by atoms with Crippen LogP contribution in [0.15, 0.2) is 78.9 Å². The molecular weight excluding hydrogens is 644 g/mol. The number of hydrogen-bond donors (Lipinski definition) is 0. The Balaban J connectivity index is 0.878. The second-order valence-corrected chi connectivity index (χ2v) is 13.3. The number of rotatable bonds is 18. The quantitative estimate of drug-likeness (QED) is 0.0256. The van der Waals surface area contributed by atoms with E-state index in [9.17, 15) is 4.79 Å². The molecule has 0 bridgehead atoms. The Morgan fingerprint density at radius 3 is 2.10 bits per heavy atom. The third-order valence-electron chi connectivity index (χ3n) is 9.12. The normalized spacial score (nSPS) is 18.4. The highest BCUT2D eigenvalue weighted by molar-refractivity contribution is 6.32. The van der Waals surface area contributed by atoms with E-state index in [0.29, 0.717) is 53.3 Å². The van der Waals surface area contributed by atoms with Crippen molar-refractivity contribution in [3.8, 4) is 34.1 Å². The number of carbonyl (C=O) groups is 1. The van der Waals surface area contributed by atoms with Gasteiger partial charge in [0, 0.05) is 5.92 Å². The van der Waals surface area contributed by atoms with Crippen LogP contribution in [0.5, 0.6) is 23.0 Å². The van der Waals surface area contributed by atoms with Gasteiger partial charge in [-0.1, -0.05) is 49.2 Å². The Bertz CT molecular complexity index is 1750. The van der Waals surface area contributed by atoms with Crippen molar-refractivity contribution in [2.75, 3.05) is 26.4 Å². The lowest BCUT2D eigenvalue weighted by Gasteiger charge is -2.11. The van der Waals surface area contributed by atoms with Gasteiger partial charge in [-0.15, -0.1) is 0 Å². The summed E-state index contributed by atoms with van der Waals surface area (Å²) in [7, 11) is 0. The second kappa shape index (κ2) is 15.6. The van der Waals surface area contributed by atoms with Gasteiger partial charge in [-0.2, -0.15) is 4.89 Å². The van der Waals surface area contributed by atoms with Crippen molar-refractivity contribution in [2.24, 2.45) is 0 Å². The van der Waals surface area contributed by atoms with Crippen LogP contribution in [0.1, 0.15) is 78.4 Å². The number of unbranched alkanes of at least 4 members (excludes halogenated alkanes) is 2. The summed E-state index contributed by atoms with van der Waals surface area (Å²) in [6.07, 6.45) is 7.31. The molecule has 0 saturated carbocycles. The van der Waals surface area contributed by atoms with Gasteiger partial charge in [-0.3, -0.25) is 0 Å². The van der Waals surface area contributed by atoms with Crippen LogP contribution in [0.3, 0.4) is 0 Å². The number of halogens is 1. The zero-order chi connectivity index (χ0) is 33.6. The van der Waals surface area contributed by atoms with Crippen LogP contribution >= 0.6 is 11.6 Å². The van der Waals surface area contributed by atoms with Crippen molar-refractivity contribution >= 4 is 17.6 Å². The molecule has 4 aromatic carbocycles. The number of epoxide rings is 2. The molecule has 256 valence electrons. The predicted octanol–water partition coefficient (Wildman–Crippen LogP) is 9.10. The molecule has 3 unspecified atom stereocenters. The van der Waals surface area contributed by atoms with Gasteiger partial charge in [0.1, 0.15) is 23.9 Å². The van der Waals surface area contributed by atoms with Crippen molar-refractivity contribution < 1.29 is 38.3 Å². The van der Waals surface area contributed by atoms with Gasteiger partial charge < -0.3 is 28.6 Å². The van der Waals surface area contributed by atoms with E-state index < -0.39 is 5.97 Å². The first-order chi connectivity index (χ1) is 24.0. The fourth-order valence-electron chi connectivity index (χ4n) is 6.13. The van der Waals surface area contributed by atoms with Crippen LogP contribution < -0.4 is 19.1 Å². The Labute approximate surface area is 292 Å². The van der Waals surface area contributed by atoms with Crippen LogP contribution in [-0.2, 0) is 21.0 Å². The van der Waals surface area contributed by atoms with E-state index in [4.69, 9.17) is 45.1 Å². The molecule has 3 atom stereocenters. The average molecular weight is 685 g/mol. The van der Waals surface area contributed by atoms with Crippen molar-refractivity contribution in [3.05, 3.63) is 106 Å². The number of hydrogen-bond acceptors (Lipinski definition) is 8. The molecule has 0 aromatic heterocycles. The van der Waals surface area contributed by atoms with Gasteiger partial charge in [0.25, 0.3) is 0 Å². The molecule has 2 saturated heterocycles. The molecule has 8 nitrogen and oxygen atoms in total. The fourth-order valence-corrected chi connectivity index (χ4v) is 6.37. The van der Waals surface area contributed by atoms with E-state index in [-0.39, 0.29) is 5.92 Å². The van der Waals surface area contributed by atoms with Crippen LogP contribution in [-0.4, -0.2) is 44.6 Å². The minimum atomic E-state index is -0.483. The Morgan fingerprint density at radius 2 is 1.39 bits per heavy atom. The number of carbonyl (C=O) groups excluding carboxylic acids is 1. The second-order valence-electron chi connectivity index (χ2n) is 12.8. The maximum absolute atomic E-state index is 13.0. The molecule has 7 rings (SSSR count). The van der Waals surface area contributed by atoms with Crippen molar-refractivity contribution in [3.63, 3.8) is 0 Å². The van der Waals surface area contributed by atoms with Gasteiger partial charge in [-0.25, -0.2) is 4.79 Å². The Kier molecular flexibility index (Phi) is 10.7. The predicted molar refractivity (Wildman–Crippen MR) is 186 cm³/mol. The topological polar surface area (TPSA) is 88.3 Å². The first kappa shape index (κ1) is 33.4. The average Bonchev–Trinajstić information content (AvgIpc) is 4.06. The van der Waals surface area contributed by atoms with Crippen LogP contribution in [0.2, 0.25) is 5.02 Å². The molecule has 0 amide bonds. The lowest BCUT2D eigenvalue weighted by molar-refractivity contribution is -0.217. The van der Waals surface area contributed by atoms with E-state index in [0.717, 1.165) is 85.5 Å². The first-order valence-corrected chi connectivity index (χ1v) is 17.5. The van der Waals surface area contributed by atoms with Crippen LogP contribution in [0.4, 0.5) is 0 Å². The number of ether oxygens (including phenoxy) is 5. The molecule has 3 aliphatic rings. The zero-order valence-corrected chi connectivity index (χ0v) is 28.4. The molecule has 49 heavy (non-hydrogen) atoms. The molecule has 0 spiro atoms. The maximum Gasteiger partial charge on any atom is 0.343 e. The van der Waals surface area contributed by atoms with Gasteiger partial charge >= 0.3 is 5.97 Å². The summed E-state index contributed by atoms with van der Waals surface area (Å²) in [5.41, 5.74) is 5.76. The number of esters is 1. The third kappa shape index (κ3) is 8.94. The first-order valence-electron chi connectivity index (χ1n) is 17.2. The van der Waals surface area contributed by atoms with Gasteiger partial charge in [0.15, 0.2) is 5.75 Å². The smallest absolute Gasteiger partial charge is 0.343 e. The maximum atomic E-state index is 13.0. The molecule has 1 aliphatic carbocycles. The molecular formula is C40H41ClO8. The standard InChI is InChI=1S/C40H41ClO8/c1-26-36-21-30(48-40(42)28-10-17-39(38(41)20-28)44-19-5-7-33-25-46-33)13-15-34(36)35-16-14-31(22-37(26)35)49-47-23-27-8-11-29(12-9-27)43-18-4-2-3-6-32-24-45-32/h8-17,20-22,26,32-33H,2-7,18-19,23-25H2,1H3. The highest BCUT2D eigenvalue weighted by atomic mass is 35.5. The van der Waals surface area contributed by atoms with E-state index in [1.165, 1.54) is 6.42 Å². The summed E-state index contributed by atoms with van der Waals surface area (Å²) in [6.45, 7) is 5.47. The van der Waals surface area contributed by atoms with Crippen molar-refractivity contribution in [1.29, 1.82) is 0 Å². The van der Waals surface area contributed by atoms with Crippen LogP contribution in [0, 0.1) is 0 Å².